The first-order valence-electron chi connectivity index (χ1n) is 8.87. The summed E-state index contributed by atoms with van der Waals surface area (Å²) in [5.41, 5.74) is 3.67. The van der Waals surface area contributed by atoms with Crippen LogP contribution in [0.5, 0.6) is 0 Å². The van der Waals surface area contributed by atoms with Gasteiger partial charge < -0.3 is 14.7 Å². The van der Waals surface area contributed by atoms with E-state index in [9.17, 15) is 0 Å². The highest BCUT2D eigenvalue weighted by atomic mass is 16.5. The highest BCUT2D eigenvalue weighted by Gasteiger charge is 2.20. The van der Waals surface area contributed by atoms with Gasteiger partial charge in [0.15, 0.2) is 5.96 Å². The highest BCUT2D eigenvalue weighted by Crippen LogP contribution is 2.08. The van der Waals surface area contributed by atoms with Crippen molar-refractivity contribution in [2.45, 2.75) is 19.9 Å². The molecule has 0 aliphatic carbocycles. The van der Waals surface area contributed by atoms with Crippen molar-refractivity contribution in [2.24, 2.45) is 4.99 Å². The number of rotatable bonds is 5. The van der Waals surface area contributed by atoms with Crippen molar-refractivity contribution in [3.63, 3.8) is 0 Å². The molecule has 1 N–H and O–H groups in total. The summed E-state index contributed by atoms with van der Waals surface area (Å²) in [5.74, 6) is 0.994. The Kier molecular flexibility index (Phi) is 6.06. The molecule has 0 saturated carbocycles. The van der Waals surface area contributed by atoms with Crippen LogP contribution in [0.25, 0.3) is 0 Å². The van der Waals surface area contributed by atoms with Crippen molar-refractivity contribution >= 4 is 5.96 Å². The minimum absolute atomic E-state index is 0.851. The second-order valence-electron chi connectivity index (χ2n) is 6.47. The molecule has 3 rings (SSSR count). The Morgan fingerprint density at radius 3 is 2.76 bits per heavy atom. The zero-order valence-electron chi connectivity index (χ0n) is 15.1. The molecule has 0 spiro atoms. The molecular weight excluding hydrogens is 314 g/mol. The van der Waals surface area contributed by atoms with E-state index in [0.29, 0.717) is 0 Å². The zero-order chi connectivity index (χ0) is 17.5. The molecule has 134 valence electrons. The Morgan fingerprint density at radius 1 is 1.24 bits per heavy atom. The number of benzene rings is 1. The molecule has 6 nitrogen and oxygen atoms in total. The van der Waals surface area contributed by atoms with Crippen LogP contribution in [-0.4, -0.2) is 60.7 Å². The number of piperazine rings is 1. The van der Waals surface area contributed by atoms with Gasteiger partial charge in [-0.1, -0.05) is 35.0 Å². The van der Waals surface area contributed by atoms with Crippen LogP contribution < -0.4 is 5.32 Å². The van der Waals surface area contributed by atoms with Gasteiger partial charge in [-0.05, 0) is 18.9 Å². The van der Waals surface area contributed by atoms with E-state index in [1.165, 1.54) is 11.1 Å². The van der Waals surface area contributed by atoms with Gasteiger partial charge in [0.05, 0.1) is 5.69 Å². The summed E-state index contributed by atoms with van der Waals surface area (Å²) >= 11 is 0. The number of hydrogen-bond donors (Lipinski definition) is 1. The van der Waals surface area contributed by atoms with E-state index in [2.05, 4.69) is 56.5 Å². The molecule has 1 aliphatic rings. The second kappa shape index (κ2) is 8.67. The molecule has 1 saturated heterocycles. The second-order valence-corrected chi connectivity index (χ2v) is 6.47. The lowest BCUT2D eigenvalue weighted by atomic mass is 10.1. The zero-order valence-corrected chi connectivity index (χ0v) is 15.1. The van der Waals surface area contributed by atoms with Crippen LogP contribution >= 0.6 is 0 Å². The molecule has 1 aromatic heterocycles. The quantitative estimate of drug-likeness (QED) is 0.665. The number of hydrogen-bond acceptors (Lipinski definition) is 4. The first-order chi connectivity index (χ1) is 12.2. The Morgan fingerprint density at radius 2 is 2.08 bits per heavy atom. The van der Waals surface area contributed by atoms with E-state index in [0.717, 1.165) is 57.3 Å². The molecule has 1 aliphatic heterocycles. The van der Waals surface area contributed by atoms with Gasteiger partial charge in [-0.2, -0.15) is 0 Å². The summed E-state index contributed by atoms with van der Waals surface area (Å²) in [4.78, 5) is 9.17. The maximum atomic E-state index is 4.90. The lowest BCUT2D eigenvalue weighted by Crippen LogP contribution is -2.52. The number of aliphatic imine (C=N–C) groups is 1. The van der Waals surface area contributed by atoms with Gasteiger partial charge in [-0.25, -0.2) is 0 Å². The molecule has 0 bridgehead atoms. The maximum absolute atomic E-state index is 4.90. The molecular formula is C19H27N5O. The van der Waals surface area contributed by atoms with Gasteiger partial charge in [0, 0.05) is 52.4 Å². The third kappa shape index (κ3) is 5.06. The SMILES string of the molecule is CN=C(NCCc1cccc(C)c1)N1CCN(Cc2ccon2)CC1. The molecule has 25 heavy (non-hydrogen) atoms. The Hall–Kier alpha value is -2.34. The molecule has 6 heteroatoms. The van der Waals surface area contributed by atoms with Gasteiger partial charge in [0.2, 0.25) is 0 Å². The third-order valence-electron chi connectivity index (χ3n) is 4.54. The van der Waals surface area contributed by atoms with Crippen LogP contribution in [0.4, 0.5) is 0 Å². The van der Waals surface area contributed by atoms with Crippen molar-refractivity contribution in [3.8, 4) is 0 Å². The van der Waals surface area contributed by atoms with Crippen LogP contribution in [0.15, 0.2) is 46.1 Å². The largest absolute Gasteiger partial charge is 0.364 e. The summed E-state index contributed by atoms with van der Waals surface area (Å²) in [6.45, 7) is 7.84. The Bertz CT molecular complexity index is 675. The molecule has 0 amide bonds. The van der Waals surface area contributed by atoms with Crippen molar-refractivity contribution in [3.05, 3.63) is 53.4 Å². The van der Waals surface area contributed by atoms with Gasteiger partial charge in [-0.15, -0.1) is 0 Å². The fourth-order valence-corrected chi connectivity index (χ4v) is 3.18. The number of guanidine groups is 1. The number of aryl methyl sites for hydroxylation is 1. The van der Waals surface area contributed by atoms with Crippen LogP contribution in [0, 0.1) is 6.92 Å². The van der Waals surface area contributed by atoms with E-state index in [4.69, 9.17) is 4.52 Å². The predicted molar refractivity (Wildman–Crippen MR) is 99.6 cm³/mol. The van der Waals surface area contributed by atoms with Crippen molar-refractivity contribution < 1.29 is 4.52 Å². The smallest absolute Gasteiger partial charge is 0.193 e. The summed E-state index contributed by atoms with van der Waals surface area (Å²) < 4.78 is 4.90. The molecule has 0 atom stereocenters. The average molecular weight is 341 g/mol. The minimum atomic E-state index is 0.851. The standard InChI is InChI=1S/C19H27N5O/c1-16-4-3-5-17(14-16)6-8-21-19(20-2)24-11-9-23(10-12-24)15-18-7-13-25-22-18/h3-5,7,13-14H,6,8-12,15H2,1-2H3,(H,20,21). The predicted octanol–water partition coefficient (Wildman–Crippen LogP) is 1.92. The highest BCUT2D eigenvalue weighted by molar-refractivity contribution is 5.80. The van der Waals surface area contributed by atoms with Crippen LogP contribution in [-0.2, 0) is 13.0 Å². The first kappa shape index (κ1) is 17.5. The summed E-state index contributed by atoms with van der Waals surface area (Å²) in [5, 5.41) is 7.49. The molecule has 2 aromatic rings. The third-order valence-corrected chi connectivity index (χ3v) is 4.54. The van der Waals surface area contributed by atoms with Crippen molar-refractivity contribution in [1.29, 1.82) is 0 Å². The van der Waals surface area contributed by atoms with E-state index < -0.39 is 0 Å². The topological polar surface area (TPSA) is 56.9 Å². The lowest BCUT2D eigenvalue weighted by Gasteiger charge is -2.36. The monoisotopic (exact) mass is 341 g/mol. The van der Waals surface area contributed by atoms with E-state index in [1.807, 2.05) is 13.1 Å². The van der Waals surface area contributed by atoms with Crippen LogP contribution in [0.1, 0.15) is 16.8 Å². The van der Waals surface area contributed by atoms with E-state index >= 15 is 0 Å². The fourth-order valence-electron chi connectivity index (χ4n) is 3.18. The summed E-state index contributed by atoms with van der Waals surface area (Å²) in [6, 6.07) is 10.6. The average Bonchev–Trinajstić information content (AvgIpc) is 3.13. The fraction of sp³-hybridized carbons (Fsp3) is 0.474. The van der Waals surface area contributed by atoms with Crippen LogP contribution in [0.3, 0.4) is 0 Å². The maximum Gasteiger partial charge on any atom is 0.193 e. The molecule has 0 unspecified atom stereocenters. The number of nitrogens with zero attached hydrogens (tertiary/aromatic N) is 4. The van der Waals surface area contributed by atoms with E-state index in [-0.39, 0.29) is 0 Å². The van der Waals surface area contributed by atoms with Crippen molar-refractivity contribution in [1.82, 2.24) is 20.3 Å². The normalized spacial score (nSPS) is 16.2. The van der Waals surface area contributed by atoms with Gasteiger partial charge >= 0.3 is 0 Å². The van der Waals surface area contributed by atoms with Crippen molar-refractivity contribution in [2.75, 3.05) is 39.8 Å². The van der Waals surface area contributed by atoms with E-state index in [1.54, 1.807) is 6.26 Å². The number of nitrogens with one attached hydrogen (secondary N) is 1. The van der Waals surface area contributed by atoms with Gasteiger partial charge in [-0.3, -0.25) is 9.89 Å². The summed E-state index contributed by atoms with van der Waals surface area (Å²) in [6.07, 6.45) is 2.64. The molecule has 1 fully saturated rings. The lowest BCUT2D eigenvalue weighted by molar-refractivity contribution is 0.169. The molecule has 0 radical (unpaired) electrons. The Balaban J connectivity index is 1.43. The Labute approximate surface area is 149 Å². The molecule has 1 aromatic carbocycles. The van der Waals surface area contributed by atoms with Crippen LogP contribution in [0.2, 0.25) is 0 Å². The summed E-state index contributed by atoms with van der Waals surface area (Å²) in [7, 11) is 1.86. The molecule has 2 heterocycles. The minimum Gasteiger partial charge on any atom is -0.364 e. The number of aromatic nitrogens is 1. The first-order valence-corrected chi connectivity index (χ1v) is 8.87. The van der Waals surface area contributed by atoms with Gasteiger partial charge in [0.1, 0.15) is 6.26 Å². The van der Waals surface area contributed by atoms with Gasteiger partial charge in [0.25, 0.3) is 0 Å².